The van der Waals surface area contributed by atoms with Gasteiger partial charge in [0.1, 0.15) is 12.0 Å². The van der Waals surface area contributed by atoms with Gasteiger partial charge < -0.3 is 10.6 Å². The number of carbonyl (C=O) groups excluding carboxylic acids is 1. The van der Waals surface area contributed by atoms with Crippen LogP contribution in [0.4, 0.5) is 0 Å². The van der Waals surface area contributed by atoms with E-state index in [4.69, 9.17) is 0 Å². The first-order valence-electron chi connectivity index (χ1n) is 4.61. The van der Waals surface area contributed by atoms with Gasteiger partial charge >= 0.3 is 0 Å². The van der Waals surface area contributed by atoms with Crippen molar-refractivity contribution in [1.82, 2.24) is 20.6 Å². The quantitative estimate of drug-likeness (QED) is 0.672. The Morgan fingerprint density at radius 2 is 2.50 bits per heavy atom. The van der Waals surface area contributed by atoms with Gasteiger partial charge in [-0.05, 0) is 6.07 Å². The summed E-state index contributed by atoms with van der Waals surface area (Å²) in [6.07, 6.45) is 2.94. The lowest BCUT2D eigenvalue weighted by Gasteiger charge is -2.26. The second kappa shape index (κ2) is 4.15. The zero-order chi connectivity index (χ0) is 9.80. The molecular weight excluding hydrogens is 180 g/mol. The third kappa shape index (κ3) is 2.05. The first-order valence-corrected chi connectivity index (χ1v) is 4.61. The predicted octanol–water partition coefficient (Wildman–Crippen LogP) is -0.574. The average molecular weight is 192 g/mol. The van der Waals surface area contributed by atoms with E-state index in [1.54, 1.807) is 12.3 Å². The summed E-state index contributed by atoms with van der Waals surface area (Å²) in [5, 5.41) is 5.98. The van der Waals surface area contributed by atoms with Gasteiger partial charge in [-0.2, -0.15) is 0 Å². The maximum Gasteiger partial charge on any atom is 0.270 e. The molecule has 14 heavy (non-hydrogen) atoms. The van der Waals surface area contributed by atoms with Crippen LogP contribution in [-0.2, 0) is 0 Å². The fourth-order valence-corrected chi connectivity index (χ4v) is 1.25. The van der Waals surface area contributed by atoms with Crippen molar-refractivity contribution in [3.8, 4) is 0 Å². The van der Waals surface area contributed by atoms with E-state index in [0.717, 1.165) is 19.6 Å². The number of hydrogen-bond acceptors (Lipinski definition) is 4. The van der Waals surface area contributed by atoms with Crippen LogP contribution in [0, 0.1) is 5.92 Å². The third-order valence-corrected chi connectivity index (χ3v) is 2.23. The molecule has 1 aliphatic heterocycles. The van der Waals surface area contributed by atoms with Gasteiger partial charge in [-0.15, -0.1) is 0 Å². The maximum atomic E-state index is 11.5. The smallest absolute Gasteiger partial charge is 0.270 e. The minimum Gasteiger partial charge on any atom is -0.350 e. The second-order valence-corrected chi connectivity index (χ2v) is 3.33. The molecule has 5 nitrogen and oxygen atoms in total. The van der Waals surface area contributed by atoms with Crippen molar-refractivity contribution in [3.05, 3.63) is 24.3 Å². The number of amides is 1. The van der Waals surface area contributed by atoms with E-state index in [1.165, 1.54) is 6.33 Å². The van der Waals surface area contributed by atoms with Gasteiger partial charge in [0.15, 0.2) is 0 Å². The number of rotatable bonds is 3. The molecule has 2 heterocycles. The molecule has 74 valence electrons. The van der Waals surface area contributed by atoms with Gasteiger partial charge in [0.25, 0.3) is 5.91 Å². The molecule has 0 bridgehead atoms. The fraction of sp³-hybridized carbons (Fsp3) is 0.444. The number of carbonyl (C=O) groups is 1. The Bertz CT molecular complexity index is 310. The van der Waals surface area contributed by atoms with Gasteiger partial charge in [0, 0.05) is 31.7 Å². The number of nitrogens with one attached hydrogen (secondary N) is 2. The normalized spacial score (nSPS) is 16.0. The molecule has 0 spiro atoms. The van der Waals surface area contributed by atoms with E-state index < -0.39 is 0 Å². The molecule has 1 fully saturated rings. The molecule has 1 aromatic heterocycles. The van der Waals surface area contributed by atoms with Gasteiger partial charge in [0.2, 0.25) is 0 Å². The monoisotopic (exact) mass is 192 g/mol. The van der Waals surface area contributed by atoms with Crippen LogP contribution >= 0.6 is 0 Å². The van der Waals surface area contributed by atoms with Crippen LogP contribution in [0.15, 0.2) is 18.6 Å². The Hall–Kier alpha value is -1.49. The number of aromatic nitrogens is 2. The van der Waals surface area contributed by atoms with Gasteiger partial charge in [0.05, 0.1) is 0 Å². The highest BCUT2D eigenvalue weighted by molar-refractivity contribution is 5.92. The van der Waals surface area contributed by atoms with Crippen LogP contribution in [0.25, 0.3) is 0 Å². The Morgan fingerprint density at radius 3 is 3.07 bits per heavy atom. The lowest BCUT2D eigenvalue weighted by molar-refractivity contribution is 0.0937. The number of hydrogen-bond donors (Lipinski definition) is 2. The lowest BCUT2D eigenvalue weighted by atomic mass is 10.0. The zero-order valence-corrected chi connectivity index (χ0v) is 7.73. The highest BCUT2D eigenvalue weighted by atomic mass is 16.1. The van der Waals surface area contributed by atoms with Crippen molar-refractivity contribution in [1.29, 1.82) is 0 Å². The highest BCUT2D eigenvalue weighted by Gasteiger charge is 2.17. The van der Waals surface area contributed by atoms with Crippen molar-refractivity contribution < 1.29 is 4.79 Å². The van der Waals surface area contributed by atoms with Crippen molar-refractivity contribution in [2.45, 2.75) is 0 Å². The van der Waals surface area contributed by atoms with Crippen molar-refractivity contribution in [2.24, 2.45) is 5.92 Å². The summed E-state index contributed by atoms with van der Waals surface area (Å²) in [6, 6.07) is 1.61. The van der Waals surface area contributed by atoms with E-state index in [2.05, 4.69) is 20.6 Å². The Labute approximate surface area is 82.0 Å². The summed E-state index contributed by atoms with van der Waals surface area (Å²) in [6.45, 7) is 2.70. The lowest BCUT2D eigenvalue weighted by Crippen LogP contribution is -2.48. The summed E-state index contributed by atoms with van der Waals surface area (Å²) in [5.74, 6) is 0.445. The summed E-state index contributed by atoms with van der Waals surface area (Å²) in [7, 11) is 0. The van der Waals surface area contributed by atoms with Gasteiger partial charge in [-0.3, -0.25) is 4.79 Å². The van der Waals surface area contributed by atoms with E-state index in [9.17, 15) is 4.79 Å². The molecule has 0 atom stereocenters. The van der Waals surface area contributed by atoms with Gasteiger partial charge in [-0.25, -0.2) is 9.97 Å². The Kier molecular flexibility index (Phi) is 2.69. The molecular formula is C9H12N4O. The molecule has 1 aliphatic rings. The van der Waals surface area contributed by atoms with Gasteiger partial charge in [-0.1, -0.05) is 0 Å². The minimum atomic E-state index is -0.126. The summed E-state index contributed by atoms with van der Waals surface area (Å²) in [5.41, 5.74) is 0.423. The molecule has 0 aromatic carbocycles. The van der Waals surface area contributed by atoms with Crippen LogP contribution < -0.4 is 10.6 Å². The van der Waals surface area contributed by atoms with Crippen molar-refractivity contribution in [2.75, 3.05) is 19.6 Å². The average Bonchev–Trinajstić information content (AvgIpc) is 2.16. The van der Waals surface area contributed by atoms with Crippen molar-refractivity contribution >= 4 is 5.91 Å². The molecule has 5 heteroatoms. The molecule has 0 unspecified atom stereocenters. The zero-order valence-electron chi connectivity index (χ0n) is 7.73. The minimum absolute atomic E-state index is 0.126. The first-order chi connectivity index (χ1) is 6.86. The van der Waals surface area contributed by atoms with Crippen LogP contribution in [0.3, 0.4) is 0 Å². The van der Waals surface area contributed by atoms with E-state index in [1.807, 2.05) is 0 Å². The fourth-order valence-electron chi connectivity index (χ4n) is 1.25. The highest BCUT2D eigenvalue weighted by Crippen LogP contribution is 2.00. The van der Waals surface area contributed by atoms with Crippen LogP contribution in [0.1, 0.15) is 10.5 Å². The topological polar surface area (TPSA) is 66.9 Å². The van der Waals surface area contributed by atoms with Crippen molar-refractivity contribution in [3.63, 3.8) is 0 Å². The van der Waals surface area contributed by atoms with Crippen LogP contribution in [0.5, 0.6) is 0 Å². The summed E-state index contributed by atoms with van der Waals surface area (Å²) >= 11 is 0. The largest absolute Gasteiger partial charge is 0.350 e. The molecule has 0 aliphatic carbocycles. The first kappa shape index (κ1) is 9.08. The molecule has 1 saturated heterocycles. The van der Waals surface area contributed by atoms with Crippen LogP contribution in [0.2, 0.25) is 0 Å². The SMILES string of the molecule is O=C(NCC1CNC1)c1ccncn1. The summed E-state index contributed by atoms with van der Waals surface area (Å²) in [4.78, 5) is 19.1. The van der Waals surface area contributed by atoms with E-state index in [-0.39, 0.29) is 5.91 Å². The molecule has 1 aromatic rings. The Morgan fingerprint density at radius 1 is 1.64 bits per heavy atom. The molecule has 1 amide bonds. The molecule has 0 saturated carbocycles. The number of nitrogens with zero attached hydrogens (tertiary/aromatic N) is 2. The third-order valence-electron chi connectivity index (χ3n) is 2.23. The molecule has 2 rings (SSSR count). The maximum absolute atomic E-state index is 11.5. The predicted molar refractivity (Wildman–Crippen MR) is 50.7 cm³/mol. The Balaban J connectivity index is 1.83. The summed E-state index contributed by atoms with van der Waals surface area (Å²) < 4.78 is 0. The second-order valence-electron chi connectivity index (χ2n) is 3.33. The molecule has 0 radical (unpaired) electrons. The standard InChI is InChI=1S/C9H12N4O/c14-9(8-1-2-10-6-13-8)12-5-7-3-11-4-7/h1-2,6-7,11H,3-5H2,(H,12,14). The van der Waals surface area contributed by atoms with Crippen LogP contribution in [-0.4, -0.2) is 35.5 Å². The van der Waals surface area contributed by atoms with E-state index in [0.29, 0.717) is 11.6 Å². The molecule has 2 N–H and O–H groups in total. The van der Waals surface area contributed by atoms with E-state index >= 15 is 0 Å².